The Kier molecular flexibility index (Phi) is 10.4. The van der Waals surface area contributed by atoms with Gasteiger partial charge in [0.2, 0.25) is 0 Å². The lowest BCUT2D eigenvalue weighted by Gasteiger charge is -2.24. The quantitative estimate of drug-likeness (QED) is 0.219. The van der Waals surface area contributed by atoms with E-state index in [1.54, 1.807) is 18.2 Å². The fourth-order valence-corrected chi connectivity index (χ4v) is 5.23. The maximum atomic E-state index is 14.6. The number of hydrogen-bond acceptors (Lipinski definition) is 7. The zero-order chi connectivity index (χ0) is 30.2. The molecule has 0 radical (unpaired) electrons. The first-order chi connectivity index (χ1) is 20.2. The maximum absolute atomic E-state index is 14.6. The predicted octanol–water partition coefficient (Wildman–Crippen LogP) is 5.42. The second-order valence-electron chi connectivity index (χ2n) is 8.84. The molecular weight excluding hydrogens is 578 g/mol. The van der Waals surface area contributed by atoms with E-state index in [1.807, 2.05) is 6.92 Å². The van der Waals surface area contributed by atoms with Gasteiger partial charge in [0.15, 0.2) is 18.1 Å². The number of thioether (sulfide) groups is 1. The normalized spacial score (nSPS) is 14.5. The summed E-state index contributed by atoms with van der Waals surface area (Å²) in [5.41, 5.74) is -0.234. The number of benzene rings is 3. The second kappa shape index (κ2) is 14.2. The van der Waals surface area contributed by atoms with E-state index in [2.05, 4.69) is 10.4 Å². The van der Waals surface area contributed by atoms with Crippen molar-refractivity contribution in [2.75, 3.05) is 33.5 Å². The Hall–Kier alpha value is -4.10. The minimum absolute atomic E-state index is 0.146. The summed E-state index contributed by atoms with van der Waals surface area (Å²) in [5, 5.41) is 7.08. The molecule has 42 heavy (non-hydrogen) atoms. The van der Waals surface area contributed by atoms with E-state index in [0.717, 1.165) is 16.8 Å². The van der Waals surface area contributed by atoms with Crippen molar-refractivity contribution in [2.24, 2.45) is 5.10 Å². The maximum Gasteiger partial charge on any atom is 0.281 e. The number of nitrogens with zero attached hydrogens (tertiary/aromatic N) is 2. The van der Waals surface area contributed by atoms with Gasteiger partial charge >= 0.3 is 0 Å². The molecule has 1 aliphatic heterocycles. The number of methoxy groups -OCH3 is 1. The number of carbonyl (C=O) groups excluding carboxylic acids is 2. The van der Waals surface area contributed by atoms with Crippen molar-refractivity contribution >= 4 is 28.6 Å². The van der Waals surface area contributed by atoms with Crippen LogP contribution in [0.1, 0.15) is 40.2 Å². The summed E-state index contributed by atoms with van der Waals surface area (Å²) in [6.07, 6.45) is 0.632. The first kappa shape index (κ1) is 30.8. The van der Waals surface area contributed by atoms with E-state index in [9.17, 15) is 27.2 Å². The highest BCUT2D eigenvalue weighted by Crippen LogP contribution is 2.47. The molecular formula is C29H27F4N3O5S. The lowest BCUT2D eigenvalue weighted by molar-refractivity contribution is -0.123. The van der Waals surface area contributed by atoms with Gasteiger partial charge in [0.05, 0.1) is 7.11 Å². The lowest BCUT2D eigenvalue weighted by Crippen LogP contribution is -2.30. The lowest BCUT2D eigenvalue weighted by atomic mass is 10.1. The number of hydrazone groups is 1. The molecule has 1 aliphatic rings. The number of nitrogens with one attached hydrogen (secondary N) is 1. The van der Waals surface area contributed by atoms with Crippen LogP contribution in [0.5, 0.6) is 11.5 Å². The summed E-state index contributed by atoms with van der Waals surface area (Å²) in [4.78, 5) is 25.8. The van der Waals surface area contributed by atoms with Gasteiger partial charge in [0.1, 0.15) is 39.2 Å². The molecule has 0 fully saturated rings. The van der Waals surface area contributed by atoms with Gasteiger partial charge in [-0.1, -0.05) is 23.9 Å². The minimum atomic E-state index is -1.40. The van der Waals surface area contributed by atoms with Gasteiger partial charge in [0, 0.05) is 43.0 Å². The number of halogens is 4. The highest BCUT2D eigenvalue weighted by Gasteiger charge is 2.39. The Balaban J connectivity index is 1.63. The summed E-state index contributed by atoms with van der Waals surface area (Å²) in [5.74, 6) is -5.73. The van der Waals surface area contributed by atoms with Crippen LogP contribution in [-0.2, 0) is 9.53 Å². The van der Waals surface area contributed by atoms with Crippen LogP contribution in [0.3, 0.4) is 0 Å². The largest absolute Gasteiger partial charge is 0.492 e. The Morgan fingerprint density at radius 1 is 1.02 bits per heavy atom. The van der Waals surface area contributed by atoms with Crippen LogP contribution in [0.4, 0.5) is 17.6 Å². The molecule has 0 aromatic heterocycles. The predicted molar refractivity (Wildman–Crippen MR) is 148 cm³/mol. The summed E-state index contributed by atoms with van der Waals surface area (Å²) < 4.78 is 72.9. The molecule has 0 bridgehead atoms. The van der Waals surface area contributed by atoms with E-state index in [1.165, 1.54) is 31.4 Å². The number of ether oxygens (including phenoxy) is 3. The highest BCUT2D eigenvalue weighted by atomic mass is 32.2. The van der Waals surface area contributed by atoms with Gasteiger partial charge in [-0.05, 0) is 43.7 Å². The third kappa shape index (κ3) is 7.21. The molecule has 0 aliphatic carbocycles. The molecule has 1 atom stereocenters. The Morgan fingerprint density at radius 2 is 1.74 bits per heavy atom. The fraction of sp³-hybridized carbons (Fsp3) is 0.276. The third-order valence-electron chi connectivity index (χ3n) is 5.99. The summed E-state index contributed by atoms with van der Waals surface area (Å²) in [6, 6.07) is 10.8. The van der Waals surface area contributed by atoms with Gasteiger partial charge < -0.3 is 19.5 Å². The molecule has 3 aromatic rings. The molecule has 13 heteroatoms. The molecule has 1 heterocycles. The molecule has 3 aromatic carbocycles. The van der Waals surface area contributed by atoms with E-state index in [0.29, 0.717) is 49.4 Å². The molecule has 0 saturated heterocycles. The molecule has 2 amide bonds. The van der Waals surface area contributed by atoms with E-state index in [4.69, 9.17) is 14.2 Å². The minimum Gasteiger partial charge on any atom is -0.492 e. The first-order valence-electron chi connectivity index (χ1n) is 12.9. The van der Waals surface area contributed by atoms with E-state index >= 15 is 0 Å². The summed E-state index contributed by atoms with van der Waals surface area (Å²) in [7, 11) is 1.35. The van der Waals surface area contributed by atoms with Crippen molar-refractivity contribution in [3.05, 3.63) is 94.6 Å². The molecule has 4 rings (SSSR count). The van der Waals surface area contributed by atoms with Crippen molar-refractivity contribution in [3.63, 3.8) is 0 Å². The topological polar surface area (TPSA) is 89.5 Å². The standard InChI is InChI=1S/C29H27F4N3O5S/c1-3-40-13-5-12-34-24(37)16-41-23-7-4-6-20(26(23)39-2)29-36(28(38)25-21(32)14-19(31)15-22(25)33)35-27(42-29)17-8-10-18(30)11-9-17/h4,6-11,14-15,29H,3,5,12-13,16H2,1-2H3,(H,34,37). The van der Waals surface area contributed by atoms with Crippen LogP contribution in [0.25, 0.3) is 0 Å². The number of carbonyl (C=O) groups is 2. The molecule has 0 spiro atoms. The monoisotopic (exact) mass is 605 g/mol. The fourth-order valence-electron chi connectivity index (χ4n) is 4.06. The van der Waals surface area contributed by atoms with Crippen molar-refractivity contribution in [1.29, 1.82) is 0 Å². The summed E-state index contributed by atoms with van der Waals surface area (Å²) >= 11 is 1.04. The van der Waals surface area contributed by atoms with Crippen LogP contribution < -0.4 is 14.8 Å². The molecule has 0 saturated carbocycles. The van der Waals surface area contributed by atoms with Crippen LogP contribution in [0, 0.1) is 23.3 Å². The number of rotatable bonds is 12. The van der Waals surface area contributed by atoms with Gasteiger partial charge in [-0.25, -0.2) is 22.6 Å². The van der Waals surface area contributed by atoms with Crippen molar-refractivity contribution < 1.29 is 41.4 Å². The molecule has 8 nitrogen and oxygen atoms in total. The zero-order valence-corrected chi connectivity index (χ0v) is 23.5. The van der Waals surface area contributed by atoms with Gasteiger partial charge in [-0.3, -0.25) is 9.59 Å². The number of para-hydroxylation sites is 1. The average molecular weight is 606 g/mol. The van der Waals surface area contributed by atoms with Crippen molar-refractivity contribution in [1.82, 2.24) is 10.3 Å². The number of hydrogen-bond donors (Lipinski definition) is 1. The second-order valence-corrected chi connectivity index (χ2v) is 9.91. The van der Waals surface area contributed by atoms with Crippen molar-refractivity contribution in [3.8, 4) is 11.5 Å². The van der Waals surface area contributed by atoms with E-state index in [-0.39, 0.29) is 29.1 Å². The Bertz CT molecular complexity index is 1450. The van der Waals surface area contributed by atoms with Gasteiger partial charge in [0.25, 0.3) is 11.8 Å². The highest BCUT2D eigenvalue weighted by molar-refractivity contribution is 8.14. The molecule has 1 N–H and O–H groups in total. The SMILES string of the molecule is CCOCCCNC(=O)COc1cccc(C2SC(c3ccc(F)cc3)=NN2C(=O)c2c(F)cc(F)cc2F)c1OC. The first-order valence-corrected chi connectivity index (χ1v) is 13.7. The molecule has 1 unspecified atom stereocenters. The smallest absolute Gasteiger partial charge is 0.281 e. The van der Waals surface area contributed by atoms with Gasteiger partial charge in [-0.15, -0.1) is 0 Å². The number of amides is 2. The van der Waals surface area contributed by atoms with Crippen LogP contribution in [0.2, 0.25) is 0 Å². The molecule has 222 valence electrons. The zero-order valence-electron chi connectivity index (χ0n) is 22.7. The van der Waals surface area contributed by atoms with Crippen molar-refractivity contribution in [2.45, 2.75) is 18.7 Å². The average Bonchev–Trinajstić information content (AvgIpc) is 3.41. The summed E-state index contributed by atoms with van der Waals surface area (Å²) in [6.45, 7) is 3.03. The van der Waals surface area contributed by atoms with Gasteiger partial charge in [-0.2, -0.15) is 5.10 Å². The van der Waals surface area contributed by atoms with E-state index < -0.39 is 40.1 Å². The third-order valence-corrected chi connectivity index (χ3v) is 7.21. The van der Waals surface area contributed by atoms with Crippen LogP contribution in [0.15, 0.2) is 59.7 Å². The Labute approximate surface area is 243 Å². The van der Waals surface area contributed by atoms with Crippen LogP contribution in [-0.4, -0.2) is 55.3 Å². The van der Waals surface area contributed by atoms with Crippen LogP contribution >= 0.6 is 11.8 Å². The Morgan fingerprint density at radius 3 is 2.40 bits per heavy atom.